The molecule has 5 nitrogen and oxygen atoms in total. The van der Waals surface area contributed by atoms with Gasteiger partial charge in [0.2, 0.25) is 0 Å². The van der Waals surface area contributed by atoms with Gasteiger partial charge in [0.05, 0.1) is 17.4 Å². The van der Waals surface area contributed by atoms with Gasteiger partial charge in [-0.05, 0) is 25.1 Å². The van der Waals surface area contributed by atoms with Crippen LogP contribution >= 0.6 is 0 Å². The molecule has 0 spiro atoms. The van der Waals surface area contributed by atoms with Crippen LogP contribution in [0.5, 0.6) is 0 Å². The molecule has 0 saturated heterocycles. The number of anilines is 2. The Balaban J connectivity index is 2.94. The lowest BCUT2D eigenvalue weighted by Crippen LogP contribution is -2.19. The maximum Gasteiger partial charge on any atom is 0.340 e. The molecule has 0 aromatic heterocycles. The lowest BCUT2D eigenvalue weighted by molar-refractivity contribution is 0.0297. The van der Waals surface area contributed by atoms with Crippen molar-refractivity contribution in [1.82, 2.24) is 0 Å². The van der Waals surface area contributed by atoms with Crippen LogP contribution in [0.3, 0.4) is 0 Å². The average Bonchev–Trinajstić information content (AvgIpc) is 2.25. The summed E-state index contributed by atoms with van der Waals surface area (Å²) in [5.74, 6) is -0.484. The molecule has 0 saturated carbocycles. The zero-order valence-electron chi connectivity index (χ0n) is 10.3. The Labute approximate surface area is 101 Å². The number of nitrogens with zero attached hydrogens (tertiary/aromatic N) is 1. The highest BCUT2D eigenvalue weighted by Gasteiger charge is 2.15. The number of ether oxygens (including phenoxy) is 1. The molecule has 1 unspecified atom stereocenters. The molecule has 0 aliphatic carbocycles. The van der Waals surface area contributed by atoms with Gasteiger partial charge in [0.15, 0.2) is 0 Å². The predicted octanol–water partition coefficient (Wildman–Crippen LogP) is 0.872. The number of esters is 1. The highest BCUT2D eigenvalue weighted by Crippen LogP contribution is 2.22. The molecule has 17 heavy (non-hydrogen) atoms. The SMILES string of the molecule is CC(O)COC(=O)c1cc(N)ccc1N(C)C. The van der Waals surface area contributed by atoms with Crippen molar-refractivity contribution in [3.05, 3.63) is 23.8 Å². The molecule has 0 aliphatic heterocycles. The molecular weight excluding hydrogens is 220 g/mol. The fourth-order valence-electron chi connectivity index (χ4n) is 1.38. The zero-order chi connectivity index (χ0) is 13.0. The highest BCUT2D eigenvalue weighted by molar-refractivity contribution is 5.96. The minimum absolute atomic E-state index is 0.0273. The lowest BCUT2D eigenvalue weighted by atomic mass is 10.1. The second-order valence-corrected chi connectivity index (χ2v) is 4.12. The van der Waals surface area contributed by atoms with Gasteiger partial charge in [-0.25, -0.2) is 4.79 Å². The molecule has 3 N–H and O–H groups in total. The number of nitrogens with two attached hydrogens (primary N) is 1. The Morgan fingerprint density at radius 2 is 2.18 bits per heavy atom. The normalized spacial score (nSPS) is 12.0. The monoisotopic (exact) mass is 238 g/mol. The van der Waals surface area contributed by atoms with Gasteiger partial charge in [-0.3, -0.25) is 0 Å². The van der Waals surface area contributed by atoms with Gasteiger partial charge in [0.1, 0.15) is 6.61 Å². The smallest absolute Gasteiger partial charge is 0.340 e. The molecule has 0 radical (unpaired) electrons. The van der Waals surface area contributed by atoms with Gasteiger partial charge in [-0.2, -0.15) is 0 Å². The van der Waals surface area contributed by atoms with Gasteiger partial charge >= 0.3 is 5.97 Å². The van der Waals surface area contributed by atoms with Crippen LogP contribution in [0, 0.1) is 0 Å². The van der Waals surface area contributed by atoms with Gasteiger partial charge in [0, 0.05) is 19.8 Å². The Bertz CT molecular complexity index is 403. The first-order valence-electron chi connectivity index (χ1n) is 5.34. The van der Waals surface area contributed by atoms with E-state index in [4.69, 9.17) is 15.6 Å². The van der Waals surface area contributed by atoms with E-state index >= 15 is 0 Å². The summed E-state index contributed by atoms with van der Waals surface area (Å²) in [6.07, 6.45) is -0.678. The predicted molar refractivity (Wildman–Crippen MR) is 67.1 cm³/mol. The van der Waals surface area contributed by atoms with Crippen molar-refractivity contribution in [2.24, 2.45) is 0 Å². The fraction of sp³-hybridized carbons (Fsp3) is 0.417. The average molecular weight is 238 g/mol. The number of carbonyl (C=O) groups excluding carboxylic acids is 1. The van der Waals surface area contributed by atoms with Crippen molar-refractivity contribution in [2.75, 3.05) is 31.3 Å². The van der Waals surface area contributed by atoms with Gasteiger partial charge in [0.25, 0.3) is 0 Å². The molecule has 0 aliphatic rings. The zero-order valence-corrected chi connectivity index (χ0v) is 10.3. The fourth-order valence-corrected chi connectivity index (χ4v) is 1.38. The molecule has 94 valence electrons. The second-order valence-electron chi connectivity index (χ2n) is 4.12. The summed E-state index contributed by atoms with van der Waals surface area (Å²) in [5, 5.41) is 9.07. The molecule has 1 aromatic carbocycles. The van der Waals surface area contributed by atoms with Gasteiger partial charge in [-0.1, -0.05) is 0 Å². The van der Waals surface area contributed by atoms with Crippen LogP contribution in [0.2, 0.25) is 0 Å². The molecular formula is C12H18N2O3. The maximum atomic E-state index is 11.8. The summed E-state index contributed by atoms with van der Waals surface area (Å²) in [6, 6.07) is 5.05. The number of nitrogen functional groups attached to an aromatic ring is 1. The molecule has 5 heteroatoms. The van der Waals surface area contributed by atoms with E-state index in [0.29, 0.717) is 11.3 Å². The van der Waals surface area contributed by atoms with Crippen LogP contribution in [-0.2, 0) is 4.74 Å². The number of rotatable bonds is 4. The van der Waals surface area contributed by atoms with Crippen molar-refractivity contribution >= 4 is 17.3 Å². The van der Waals surface area contributed by atoms with E-state index in [2.05, 4.69) is 0 Å². The molecule has 1 rings (SSSR count). The second kappa shape index (κ2) is 5.54. The van der Waals surface area contributed by atoms with Crippen LogP contribution in [0.25, 0.3) is 0 Å². The molecule has 1 atom stereocenters. The maximum absolute atomic E-state index is 11.8. The number of hydrogen-bond donors (Lipinski definition) is 2. The van der Waals surface area contributed by atoms with Crippen molar-refractivity contribution in [2.45, 2.75) is 13.0 Å². The lowest BCUT2D eigenvalue weighted by Gasteiger charge is -2.17. The van der Waals surface area contributed by atoms with Crippen molar-refractivity contribution < 1.29 is 14.6 Å². The summed E-state index contributed by atoms with van der Waals surface area (Å²) in [6.45, 7) is 1.53. The Hall–Kier alpha value is -1.75. The summed E-state index contributed by atoms with van der Waals surface area (Å²) in [5.41, 5.74) is 7.28. The third-order valence-corrected chi connectivity index (χ3v) is 2.18. The number of carbonyl (C=O) groups is 1. The topological polar surface area (TPSA) is 75.8 Å². The van der Waals surface area contributed by atoms with Gasteiger partial charge < -0.3 is 20.5 Å². The summed E-state index contributed by atoms with van der Waals surface area (Å²) < 4.78 is 4.96. The number of benzene rings is 1. The molecule has 1 aromatic rings. The Morgan fingerprint density at radius 1 is 1.53 bits per heavy atom. The van der Waals surface area contributed by atoms with E-state index < -0.39 is 12.1 Å². The Kier molecular flexibility index (Phi) is 4.34. The van der Waals surface area contributed by atoms with E-state index in [1.165, 1.54) is 0 Å². The van der Waals surface area contributed by atoms with E-state index in [-0.39, 0.29) is 6.61 Å². The van der Waals surface area contributed by atoms with E-state index in [0.717, 1.165) is 5.69 Å². The third-order valence-electron chi connectivity index (χ3n) is 2.18. The van der Waals surface area contributed by atoms with Crippen LogP contribution in [0.15, 0.2) is 18.2 Å². The Morgan fingerprint density at radius 3 is 2.71 bits per heavy atom. The van der Waals surface area contributed by atoms with Crippen molar-refractivity contribution in [1.29, 1.82) is 0 Å². The van der Waals surface area contributed by atoms with Crippen LogP contribution < -0.4 is 10.6 Å². The summed E-state index contributed by atoms with van der Waals surface area (Å²) in [4.78, 5) is 13.6. The molecule has 0 heterocycles. The molecule has 0 fully saturated rings. The van der Waals surface area contributed by atoms with E-state index in [1.54, 1.807) is 30.0 Å². The first-order valence-corrected chi connectivity index (χ1v) is 5.34. The van der Waals surface area contributed by atoms with E-state index in [1.807, 2.05) is 14.1 Å². The molecule has 0 bridgehead atoms. The molecule has 0 amide bonds. The van der Waals surface area contributed by atoms with Crippen LogP contribution in [0.4, 0.5) is 11.4 Å². The minimum Gasteiger partial charge on any atom is -0.459 e. The minimum atomic E-state index is -0.678. The van der Waals surface area contributed by atoms with E-state index in [9.17, 15) is 4.79 Å². The summed E-state index contributed by atoms with van der Waals surface area (Å²) >= 11 is 0. The van der Waals surface area contributed by atoms with Crippen LogP contribution in [0.1, 0.15) is 17.3 Å². The van der Waals surface area contributed by atoms with Crippen LogP contribution in [-0.4, -0.2) is 37.9 Å². The number of aliphatic hydroxyl groups is 1. The third kappa shape index (κ3) is 3.64. The van der Waals surface area contributed by atoms with Crippen molar-refractivity contribution in [3.63, 3.8) is 0 Å². The van der Waals surface area contributed by atoms with Gasteiger partial charge in [-0.15, -0.1) is 0 Å². The van der Waals surface area contributed by atoms with Crippen molar-refractivity contribution in [3.8, 4) is 0 Å². The first kappa shape index (κ1) is 13.3. The first-order chi connectivity index (χ1) is 7.91. The number of aliphatic hydroxyl groups excluding tert-OH is 1. The quantitative estimate of drug-likeness (QED) is 0.601. The standard InChI is InChI=1S/C12H18N2O3/c1-8(15)7-17-12(16)10-6-9(13)4-5-11(10)14(2)3/h4-6,8,15H,7,13H2,1-3H3. The largest absolute Gasteiger partial charge is 0.459 e. The summed E-state index contributed by atoms with van der Waals surface area (Å²) in [7, 11) is 3.66. The highest BCUT2D eigenvalue weighted by atomic mass is 16.5. The number of hydrogen-bond acceptors (Lipinski definition) is 5.